The van der Waals surface area contributed by atoms with Gasteiger partial charge in [-0.3, -0.25) is 0 Å². The molecule has 33 heavy (non-hydrogen) atoms. The first-order chi connectivity index (χ1) is 16.1. The number of hydrogen-bond donors (Lipinski definition) is 0. The minimum absolute atomic E-state index is 0.116. The maximum Gasteiger partial charge on any atom is 0.338 e. The quantitative estimate of drug-likeness (QED) is 0.195. The van der Waals surface area contributed by atoms with Crippen LogP contribution in [0, 0.1) is 0 Å². The Balaban J connectivity index is 1.46. The molecule has 170 valence electrons. The van der Waals surface area contributed by atoms with Crippen molar-refractivity contribution in [3.63, 3.8) is 0 Å². The molecule has 0 unspecified atom stereocenters. The Morgan fingerprint density at radius 1 is 0.788 bits per heavy atom. The van der Waals surface area contributed by atoms with Gasteiger partial charge in [-0.1, -0.05) is 24.3 Å². The Hall–Kier alpha value is -4.26. The van der Waals surface area contributed by atoms with Crippen LogP contribution in [-0.4, -0.2) is 39.4 Å². The molecule has 0 bridgehead atoms. The first kappa shape index (κ1) is 23.4. The molecule has 7 heteroatoms. The van der Waals surface area contributed by atoms with Gasteiger partial charge in [0.2, 0.25) is 0 Å². The van der Waals surface area contributed by atoms with Gasteiger partial charge in [-0.15, -0.1) is 0 Å². The molecule has 3 aromatic carbocycles. The summed E-state index contributed by atoms with van der Waals surface area (Å²) in [5, 5.41) is 0. The van der Waals surface area contributed by atoms with E-state index in [-0.39, 0.29) is 13.2 Å². The lowest BCUT2D eigenvalue weighted by Gasteiger charge is -2.08. The second-order valence-electron chi connectivity index (χ2n) is 6.69. The van der Waals surface area contributed by atoms with Gasteiger partial charge in [0.05, 0.1) is 19.8 Å². The zero-order valence-electron chi connectivity index (χ0n) is 18.4. The van der Waals surface area contributed by atoms with Gasteiger partial charge in [0, 0.05) is 6.08 Å². The fraction of sp³-hybridized carbons (Fsp3) is 0.154. The van der Waals surface area contributed by atoms with Crippen LogP contribution in [0.1, 0.15) is 15.9 Å². The van der Waals surface area contributed by atoms with Crippen molar-refractivity contribution in [2.45, 2.75) is 0 Å². The Morgan fingerprint density at radius 3 is 2.21 bits per heavy atom. The lowest BCUT2D eigenvalue weighted by atomic mass is 10.2. The highest BCUT2D eigenvalue weighted by Gasteiger charge is 2.09. The molecule has 0 heterocycles. The monoisotopic (exact) mass is 448 g/mol. The van der Waals surface area contributed by atoms with E-state index in [1.165, 1.54) is 37.5 Å². The molecule has 0 aliphatic heterocycles. The lowest BCUT2D eigenvalue weighted by molar-refractivity contribution is -0.128. The second kappa shape index (κ2) is 12.0. The van der Waals surface area contributed by atoms with Crippen LogP contribution in [0.15, 0.2) is 78.9 Å². The number of para-hydroxylation sites is 1. The van der Waals surface area contributed by atoms with Crippen molar-refractivity contribution < 1.29 is 33.3 Å². The number of hydrogen-bond acceptors (Lipinski definition) is 7. The van der Waals surface area contributed by atoms with E-state index >= 15 is 0 Å². The van der Waals surface area contributed by atoms with Crippen molar-refractivity contribution in [1.82, 2.24) is 0 Å². The molecule has 7 nitrogen and oxygen atoms in total. The third kappa shape index (κ3) is 7.14. The van der Waals surface area contributed by atoms with E-state index in [1.54, 1.807) is 31.4 Å². The average molecular weight is 448 g/mol. The van der Waals surface area contributed by atoms with Gasteiger partial charge >= 0.3 is 11.9 Å². The van der Waals surface area contributed by atoms with E-state index in [9.17, 15) is 9.59 Å². The van der Waals surface area contributed by atoms with Crippen LogP contribution >= 0.6 is 0 Å². The Bertz CT molecular complexity index is 1090. The van der Waals surface area contributed by atoms with Crippen molar-refractivity contribution in [3.8, 4) is 23.0 Å². The predicted molar refractivity (Wildman–Crippen MR) is 123 cm³/mol. The summed E-state index contributed by atoms with van der Waals surface area (Å²) < 4.78 is 26.4. The fourth-order valence-electron chi connectivity index (χ4n) is 2.82. The van der Waals surface area contributed by atoms with Crippen LogP contribution in [0.25, 0.3) is 6.08 Å². The number of carbonyl (C=O) groups excluding carboxylic acids is 2. The van der Waals surface area contributed by atoms with E-state index in [2.05, 4.69) is 0 Å². The molecule has 3 rings (SSSR count). The van der Waals surface area contributed by atoms with Crippen LogP contribution in [-0.2, 0) is 9.53 Å². The summed E-state index contributed by atoms with van der Waals surface area (Å²) in [5.74, 6) is 1.12. The minimum Gasteiger partial charge on any atom is -0.493 e. The largest absolute Gasteiger partial charge is 0.493 e. The summed E-state index contributed by atoms with van der Waals surface area (Å²) in [5.41, 5.74) is 1.09. The molecule has 0 spiro atoms. The van der Waals surface area contributed by atoms with Crippen LogP contribution in [0.5, 0.6) is 23.0 Å². The average Bonchev–Trinajstić information content (AvgIpc) is 2.86. The van der Waals surface area contributed by atoms with E-state index in [1.807, 2.05) is 30.3 Å². The summed E-state index contributed by atoms with van der Waals surface area (Å²) in [4.78, 5) is 24.2. The summed E-state index contributed by atoms with van der Waals surface area (Å²) in [6.07, 6.45) is 2.91. The molecule has 0 N–H and O–H groups in total. The standard InChI is InChI=1S/C26H24O7/c1-29-23-14-8-19(18-24(23)30-2)9-15-25(27)33-22-12-10-20(11-13-22)26(28)32-17-16-31-21-6-4-3-5-7-21/h3-15,18H,16-17H2,1-2H3/b15-9+. The normalized spacial score (nSPS) is 10.5. The van der Waals surface area contributed by atoms with Gasteiger partial charge in [-0.2, -0.15) is 0 Å². The van der Waals surface area contributed by atoms with Gasteiger partial charge in [0.1, 0.15) is 24.7 Å². The van der Waals surface area contributed by atoms with Gasteiger partial charge in [-0.05, 0) is 60.2 Å². The molecule has 0 aliphatic carbocycles. The molecule has 0 radical (unpaired) electrons. The molecule has 3 aromatic rings. The maximum absolute atomic E-state index is 12.1. The van der Waals surface area contributed by atoms with Gasteiger partial charge < -0.3 is 23.7 Å². The second-order valence-corrected chi connectivity index (χ2v) is 6.69. The fourth-order valence-corrected chi connectivity index (χ4v) is 2.82. The van der Waals surface area contributed by atoms with Crippen LogP contribution in [0.3, 0.4) is 0 Å². The van der Waals surface area contributed by atoms with Crippen LogP contribution in [0.2, 0.25) is 0 Å². The molecule has 0 fully saturated rings. The highest BCUT2D eigenvalue weighted by Crippen LogP contribution is 2.28. The molecule has 0 saturated heterocycles. The number of carbonyl (C=O) groups is 2. The number of rotatable bonds is 10. The smallest absolute Gasteiger partial charge is 0.338 e. The summed E-state index contributed by atoms with van der Waals surface area (Å²) in [7, 11) is 3.09. The first-order valence-electron chi connectivity index (χ1n) is 10.2. The highest BCUT2D eigenvalue weighted by atomic mass is 16.6. The Morgan fingerprint density at radius 2 is 1.52 bits per heavy atom. The van der Waals surface area contributed by atoms with Crippen LogP contribution in [0.4, 0.5) is 0 Å². The number of methoxy groups -OCH3 is 2. The van der Waals surface area contributed by atoms with Crippen molar-refractivity contribution in [1.29, 1.82) is 0 Å². The molecule has 0 amide bonds. The molecule has 0 aliphatic rings. The number of ether oxygens (including phenoxy) is 5. The molecule has 0 atom stereocenters. The Kier molecular flexibility index (Phi) is 8.48. The maximum atomic E-state index is 12.1. The topological polar surface area (TPSA) is 80.3 Å². The predicted octanol–water partition coefficient (Wildman–Crippen LogP) is 4.56. The lowest BCUT2D eigenvalue weighted by Crippen LogP contribution is -2.12. The van der Waals surface area contributed by atoms with Gasteiger partial charge in [0.25, 0.3) is 0 Å². The van der Waals surface area contributed by atoms with Crippen LogP contribution < -0.4 is 18.9 Å². The Labute approximate surface area is 192 Å². The molecular formula is C26H24O7. The molecular weight excluding hydrogens is 424 g/mol. The SMILES string of the molecule is COc1ccc(/C=C/C(=O)Oc2ccc(C(=O)OCCOc3ccccc3)cc2)cc1OC. The van der Waals surface area contributed by atoms with Crippen molar-refractivity contribution >= 4 is 18.0 Å². The van der Waals surface area contributed by atoms with E-state index in [0.717, 1.165) is 5.56 Å². The van der Waals surface area contributed by atoms with Crippen molar-refractivity contribution in [3.05, 3.63) is 90.0 Å². The number of benzene rings is 3. The van der Waals surface area contributed by atoms with E-state index in [4.69, 9.17) is 23.7 Å². The summed E-state index contributed by atoms with van der Waals surface area (Å²) in [6.45, 7) is 0.364. The minimum atomic E-state index is -0.557. The van der Waals surface area contributed by atoms with Gasteiger partial charge in [-0.25, -0.2) is 9.59 Å². The van der Waals surface area contributed by atoms with E-state index < -0.39 is 11.9 Å². The molecule has 0 aromatic heterocycles. The molecule has 0 saturated carbocycles. The summed E-state index contributed by atoms with van der Waals surface area (Å²) in [6, 6.07) is 20.7. The third-order valence-electron chi connectivity index (χ3n) is 4.46. The van der Waals surface area contributed by atoms with Crippen molar-refractivity contribution in [2.24, 2.45) is 0 Å². The zero-order chi connectivity index (χ0) is 23.5. The first-order valence-corrected chi connectivity index (χ1v) is 10.2. The zero-order valence-corrected chi connectivity index (χ0v) is 18.4. The highest BCUT2D eigenvalue weighted by molar-refractivity contribution is 5.90. The summed E-state index contributed by atoms with van der Waals surface area (Å²) >= 11 is 0. The van der Waals surface area contributed by atoms with Crippen molar-refractivity contribution in [2.75, 3.05) is 27.4 Å². The van der Waals surface area contributed by atoms with Gasteiger partial charge in [0.15, 0.2) is 11.5 Å². The van der Waals surface area contributed by atoms with E-state index in [0.29, 0.717) is 28.6 Å². The number of esters is 2. The third-order valence-corrected chi connectivity index (χ3v) is 4.46.